The summed E-state index contributed by atoms with van der Waals surface area (Å²) in [6.07, 6.45) is 2.17. The summed E-state index contributed by atoms with van der Waals surface area (Å²) in [5.74, 6) is -0.687. The van der Waals surface area contributed by atoms with E-state index in [0.717, 1.165) is 11.1 Å². The van der Waals surface area contributed by atoms with Gasteiger partial charge in [0.05, 0.1) is 6.26 Å². The molecule has 0 fully saturated rings. The normalized spacial score (nSPS) is 11.9. The smallest absolute Gasteiger partial charge is 0.330 e. The zero-order valence-electron chi connectivity index (χ0n) is 12.6. The van der Waals surface area contributed by atoms with E-state index < -0.39 is 12.0 Å². The summed E-state index contributed by atoms with van der Waals surface area (Å²) < 4.78 is 5.16. The van der Waals surface area contributed by atoms with Crippen molar-refractivity contribution in [2.45, 2.75) is 32.7 Å². The van der Waals surface area contributed by atoms with Crippen molar-refractivity contribution < 1.29 is 19.1 Å². The Morgan fingerprint density at radius 3 is 2.45 bits per heavy atom. The molecule has 0 aliphatic heterocycles. The van der Waals surface area contributed by atoms with Gasteiger partial charge in [0.2, 0.25) is 5.91 Å². The average molecular weight is 301 g/mol. The third-order valence-corrected chi connectivity index (χ3v) is 3.31. The lowest BCUT2D eigenvalue weighted by atomic mass is 10.0. The molecule has 0 bridgehead atoms. The van der Waals surface area contributed by atoms with Gasteiger partial charge in [-0.2, -0.15) is 0 Å². The summed E-state index contributed by atoms with van der Waals surface area (Å²) in [6.45, 7) is 3.79. The highest BCUT2D eigenvalue weighted by molar-refractivity contribution is 5.84. The molecule has 2 rings (SSSR count). The van der Waals surface area contributed by atoms with Crippen LogP contribution in [-0.2, 0) is 16.0 Å². The number of benzene rings is 1. The van der Waals surface area contributed by atoms with E-state index in [0.29, 0.717) is 17.7 Å². The first-order valence-electron chi connectivity index (χ1n) is 7.08. The van der Waals surface area contributed by atoms with Gasteiger partial charge in [-0.25, -0.2) is 4.79 Å². The van der Waals surface area contributed by atoms with Gasteiger partial charge in [-0.05, 0) is 31.5 Å². The molecule has 0 spiro atoms. The fourth-order valence-electron chi connectivity index (χ4n) is 2.39. The summed E-state index contributed by atoms with van der Waals surface area (Å²) in [5.41, 5.74) is 2.51. The molecule has 5 nitrogen and oxygen atoms in total. The summed E-state index contributed by atoms with van der Waals surface area (Å²) in [7, 11) is 0. The van der Waals surface area contributed by atoms with Gasteiger partial charge in [0, 0.05) is 12.8 Å². The van der Waals surface area contributed by atoms with E-state index in [-0.39, 0.29) is 12.3 Å². The van der Waals surface area contributed by atoms with Gasteiger partial charge in [0.25, 0.3) is 0 Å². The molecular formula is C17H19NO4. The number of carbonyl (C=O) groups is 2. The predicted octanol–water partition coefficient (Wildman–Crippen LogP) is 2.77. The van der Waals surface area contributed by atoms with Crippen molar-refractivity contribution in [3.05, 3.63) is 59.0 Å². The van der Waals surface area contributed by atoms with Crippen molar-refractivity contribution >= 4 is 11.9 Å². The molecule has 1 heterocycles. The number of carboxylic acids is 1. The van der Waals surface area contributed by atoms with Gasteiger partial charge in [-0.3, -0.25) is 4.79 Å². The standard InChI is InChI=1S/C17H19NO4/c1-11-8-12(2)10-13(9-11)16(17(20)21)18-15(19)6-5-14-4-3-7-22-14/h3-4,7-10,16H,5-6H2,1-2H3,(H,18,19)(H,20,21). The highest BCUT2D eigenvalue weighted by atomic mass is 16.4. The van der Waals surface area contributed by atoms with E-state index in [1.165, 1.54) is 0 Å². The first-order chi connectivity index (χ1) is 10.5. The summed E-state index contributed by atoms with van der Waals surface area (Å²) >= 11 is 0. The van der Waals surface area contributed by atoms with Crippen LogP contribution < -0.4 is 5.32 Å². The Hall–Kier alpha value is -2.56. The van der Waals surface area contributed by atoms with E-state index in [4.69, 9.17) is 4.42 Å². The largest absolute Gasteiger partial charge is 0.479 e. The summed E-state index contributed by atoms with van der Waals surface area (Å²) in [6, 6.07) is 8.01. The molecule has 116 valence electrons. The Morgan fingerprint density at radius 1 is 1.23 bits per heavy atom. The molecule has 1 amide bonds. The molecule has 0 saturated heterocycles. The van der Waals surface area contributed by atoms with Crippen molar-refractivity contribution in [3.63, 3.8) is 0 Å². The van der Waals surface area contributed by atoms with E-state index in [9.17, 15) is 14.7 Å². The zero-order chi connectivity index (χ0) is 16.1. The number of hydrogen-bond donors (Lipinski definition) is 2. The number of amides is 1. The maximum Gasteiger partial charge on any atom is 0.330 e. The highest BCUT2D eigenvalue weighted by Crippen LogP contribution is 2.18. The maximum absolute atomic E-state index is 12.0. The van der Waals surface area contributed by atoms with Crippen LogP contribution >= 0.6 is 0 Å². The second kappa shape index (κ2) is 6.93. The van der Waals surface area contributed by atoms with Crippen LogP contribution in [0.1, 0.15) is 34.9 Å². The predicted molar refractivity (Wildman–Crippen MR) is 81.5 cm³/mol. The van der Waals surface area contributed by atoms with Crippen molar-refractivity contribution in [1.82, 2.24) is 5.32 Å². The molecule has 0 radical (unpaired) electrons. The summed E-state index contributed by atoms with van der Waals surface area (Å²) in [4.78, 5) is 23.4. The number of nitrogens with one attached hydrogen (secondary N) is 1. The Balaban J connectivity index is 2.05. The lowest BCUT2D eigenvalue weighted by Crippen LogP contribution is -2.34. The van der Waals surface area contributed by atoms with E-state index in [1.54, 1.807) is 30.5 Å². The Kier molecular flexibility index (Phi) is 4.99. The number of rotatable bonds is 6. The molecule has 0 aliphatic rings. The summed E-state index contributed by atoms with van der Waals surface area (Å²) in [5, 5.41) is 11.9. The second-order valence-corrected chi connectivity index (χ2v) is 5.34. The van der Waals surface area contributed by atoms with Crippen LogP contribution in [0, 0.1) is 13.8 Å². The number of hydrogen-bond acceptors (Lipinski definition) is 3. The van der Waals surface area contributed by atoms with Crippen LogP contribution in [-0.4, -0.2) is 17.0 Å². The van der Waals surface area contributed by atoms with Gasteiger partial charge >= 0.3 is 5.97 Å². The number of carboxylic acid groups (broad SMARTS) is 1. The molecule has 1 atom stereocenters. The minimum atomic E-state index is -1.07. The van der Waals surface area contributed by atoms with E-state index in [1.807, 2.05) is 19.9 Å². The fraction of sp³-hybridized carbons (Fsp3) is 0.294. The Morgan fingerprint density at radius 2 is 1.91 bits per heavy atom. The molecular weight excluding hydrogens is 282 g/mol. The molecule has 5 heteroatoms. The zero-order valence-corrected chi connectivity index (χ0v) is 12.6. The number of carbonyl (C=O) groups excluding carboxylic acids is 1. The first kappa shape index (κ1) is 15.8. The molecule has 1 unspecified atom stereocenters. The number of furan rings is 1. The van der Waals surface area contributed by atoms with Crippen LogP contribution in [0.15, 0.2) is 41.0 Å². The molecule has 0 aliphatic carbocycles. The molecule has 1 aromatic carbocycles. The monoisotopic (exact) mass is 301 g/mol. The van der Waals surface area contributed by atoms with Gasteiger partial charge in [-0.1, -0.05) is 29.3 Å². The Bertz CT molecular complexity index is 641. The van der Waals surface area contributed by atoms with Crippen LogP contribution in [0.4, 0.5) is 0 Å². The molecule has 2 aromatic rings. The SMILES string of the molecule is Cc1cc(C)cc(C(NC(=O)CCc2ccco2)C(=O)O)c1. The highest BCUT2D eigenvalue weighted by Gasteiger charge is 2.22. The molecule has 0 saturated carbocycles. The van der Waals surface area contributed by atoms with Crippen molar-refractivity contribution in [2.24, 2.45) is 0 Å². The van der Waals surface area contributed by atoms with Gasteiger partial charge in [0.1, 0.15) is 5.76 Å². The van der Waals surface area contributed by atoms with Gasteiger partial charge < -0.3 is 14.8 Å². The Labute approximate surface area is 129 Å². The maximum atomic E-state index is 12.0. The van der Waals surface area contributed by atoms with Crippen molar-refractivity contribution in [3.8, 4) is 0 Å². The minimum Gasteiger partial charge on any atom is -0.479 e. The lowest BCUT2D eigenvalue weighted by Gasteiger charge is -2.16. The lowest BCUT2D eigenvalue weighted by molar-refractivity contribution is -0.142. The van der Waals surface area contributed by atoms with Crippen LogP contribution in [0.5, 0.6) is 0 Å². The van der Waals surface area contributed by atoms with Crippen LogP contribution in [0.2, 0.25) is 0 Å². The third kappa shape index (κ3) is 4.22. The number of aryl methyl sites for hydroxylation is 3. The topological polar surface area (TPSA) is 79.5 Å². The third-order valence-electron chi connectivity index (χ3n) is 3.31. The first-order valence-corrected chi connectivity index (χ1v) is 7.08. The van der Waals surface area contributed by atoms with Gasteiger partial charge in [0.15, 0.2) is 6.04 Å². The van der Waals surface area contributed by atoms with E-state index in [2.05, 4.69) is 5.32 Å². The number of aliphatic carboxylic acids is 1. The quantitative estimate of drug-likeness (QED) is 0.860. The molecule has 22 heavy (non-hydrogen) atoms. The molecule has 2 N–H and O–H groups in total. The van der Waals surface area contributed by atoms with Crippen LogP contribution in [0.25, 0.3) is 0 Å². The van der Waals surface area contributed by atoms with Crippen molar-refractivity contribution in [1.29, 1.82) is 0 Å². The second-order valence-electron chi connectivity index (χ2n) is 5.34. The van der Waals surface area contributed by atoms with Crippen molar-refractivity contribution in [2.75, 3.05) is 0 Å². The van der Waals surface area contributed by atoms with E-state index >= 15 is 0 Å². The fourth-order valence-corrected chi connectivity index (χ4v) is 2.39. The van der Waals surface area contributed by atoms with Crippen LogP contribution in [0.3, 0.4) is 0 Å². The minimum absolute atomic E-state index is 0.183. The van der Waals surface area contributed by atoms with Gasteiger partial charge in [-0.15, -0.1) is 0 Å². The average Bonchev–Trinajstić information content (AvgIpc) is 2.94. The molecule has 1 aromatic heterocycles.